The number of hydrogen-bond donors (Lipinski definition) is 1. The third-order valence-corrected chi connectivity index (χ3v) is 8.68. The summed E-state index contributed by atoms with van der Waals surface area (Å²) in [7, 11) is -3.65. The summed E-state index contributed by atoms with van der Waals surface area (Å²) in [4.78, 5) is 29.2. The summed E-state index contributed by atoms with van der Waals surface area (Å²) in [5, 5.41) is 3.02. The molecule has 1 aliphatic rings. The number of anilines is 1. The van der Waals surface area contributed by atoms with Gasteiger partial charge in [-0.05, 0) is 47.7 Å². The highest BCUT2D eigenvalue weighted by Crippen LogP contribution is 2.36. The number of nitrogens with zero attached hydrogens (tertiary/aromatic N) is 2. The van der Waals surface area contributed by atoms with Crippen LogP contribution in [0.4, 0.5) is 5.69 Å². The number of carbonyl (C=O) groups excluding carboxylic acids is 2. The Balaban J connectivity index is 1.57. The van der Waals surface area contributed by atoms with Crippen LogP contribution in [0.3, 0.4) is 0 Å². The van der Waals surface area contributed by atoms with Crippen LogP contribution in [-0.2, 0) is 32.6 Å². The van der Waals surface area contributed by atoms with E-state index in [1.54, 1.807) is 23.1 Å². The summed E-state index contributed by atoms with van der Waals surface area (Å²) < 4.78 is 38.4. The van der Waals surface area contributed by atoms with Gasteiger partial charge in [0, 0.05) is 43.0 Å². The SMILES string of the molecule is CC(C)CNC(=O)[C@@H](Cc1ccccc1)N(Cc1cccc(Br)c1)C(=O)CCCN(c1ccc2c(c1)OCO2)S(C)(=O)=O. The number of carbonyl (C=O) groups is 2. The van der Waals surface area contributed by atoms with E-state index in [4.69, 9.17) is 9.47 Å². The molecule has 3 aromatic carbocycles. The number of halogens is 1. The van der Waals surface area contributed by atoms with Crippen molar-refractivity contribution in [2.24, 2.45) is 5.92 Å². The summed E-state index contributed by atoms with van der Waals surface area (Å²) >= 11 is 3.50. The van der Waals surface area contributed by atoms with E-state index in [0.29, 0.717) is 30.2 Å². The Labute approximate surface area is 262 Å². The van der Waals surface area contributed by atoms with Gasteiger partial charge in [-0.25, -0.2) is 8.42 Å². The second-order valence-corrected chi connectivity index (χ2v) is 13.8. The second-order valence-electron chi connectivity index (χ2n) is 11.0. The summed E-state index contributed by atoms with van der Waals surface area (Å²) in [6.45, 7) is 4.91. The molecular weight excluding hydrogens is 634 g/mol. The topological polar surface area (TPSA) is 105 Å². The molecule has 0 spiro atoms. The lowest BCUT2D eigenvalue weighted by molar-refractivity contribution is -0.141. The quantitative estimate of drug-likeness (QED) is 0.255. The molecule has 9 nitrogen and oxygen atoms in total. The van der Waals surface area contributed by atoms with Crippen molar-refractivity contribution in [1.82, 2.24) is 10.2 Å². The number of fused-ring (bicyclic) bond motifs is 1. The monoisotopic (exact) mass is 671 g/mol. The minimum absolute atomic E-state index is 0.0489. The minimum atomic E-state index is -3.65. The normalized spacial score (nSPS) is 13.0. The van der Waals surface area contributed by atoms with Crippen molar-refractivity contribution >= 4 is 43.5 Å². The minimum Gasteiger partial charge on any atom is -0.454 e. The lowest BCUT2D eigenvalue weighted by Crippen LogP contribution is -2.51. The van der Waals surface area contributed by atoms with Crippen molar-refractivity contribution in [3.63, 3.8) is 0 Å². The number of ether oxygens (including phenoxy) is 2. The Hall–Kier alpha value is -3.57. The molecule has 1 N–H and O–H groups in total. The van der Waals surface area contributed by atoms with Crippen LogP contribution in [0.2, 0.25) is 0 Å². The molecule has 230 valence electrons. The molecule has 0 unspecified atom stereocenters. The van der Waals surface area contributed by atoms with Gasteiger partial charge in [0.2, 0.25) is 28.6 Å². The van der Waals surface area contributed by atoms with E-state index in [1.165, 1.54) is 4.31 Å². The highest BCUT2D eigenvalue weighted by Gasteiger charge is 2.31. The van der Waals surface area contributed by atoms with Crippen LogP contribution >= 0.6 is 15.9 Å². The Bertz CT molecular complexity index is 1520. The van der Waals surface area contributed by atoms with Gasteiger partial charge in [-0.1, -0.05) is 72.2 Å². The highest BCUT2D eigenvalue weighted by molar-refractivity contribution is 9.10. The number of nitrogens with one attached hydrogen (secondary N) is 1. The van der Waals surface area contributed by atoms with Crippen LogP contribution in [-0.4, -0.2) is 57.3 Å². The number of benzene rings is 3. The van der Waals surface area contributed by atoms with E-state index >= 15 is 0 Å². The second kappa shape index (κ2) is 14.7. The zero-order valence-electron chi connectivity index (χ0n) is 24.7. The largest absolute Gasteiger partial charge is 0.454 e. The van der Waals surface area contributed by atoms with Crippen molar-refractivity contribution < 1.29 is 27.5 Å². The van der Waals surface area contributed by atoms with Gasteiger partial charge in [0.1, 0.15) is 6.04 Å². The molecule has 0 saturated heterocycles. The van der Waals surface area contributed by atoms with Gasteiger partial charge in [-0.3, -0.25) is 13.9 Å². The zero-order valence-corrected chi connectivity index (χ0v) is 27.1. The fourth-order valence-electron chi connectivity index (χ4n) is 4.85. The molecule has 1 atom stereocenters. The molecule has 43 heavy (non-hydrogen) atoms. The van der Waals surface area contributed by atoms with Crippen LogP contribution in [0.5, 0.6) is 11.5 Å². The maximum absolute atomic E-state index is 14.0. The maximum Gasteiger partial charge on any atom is 0.243 e. The van der Waals surface area contributed by atoms with Gasteiger partial charge in [-0.15, -0.1) is 0 Å². The molecule has 2 amide bonds. The molecule has 4 rings (SSSR count). The molecule has 0 aliphatic carbocycles. The van der Waals surface area contributed by atoms with E-state index in [2.05, 4.69) is 21.2 Å². The number of amides is 2. The Morgan fingerprint density at radius 2 is 1.67 bits per heavy atom. The third-order valence-electron chi connectivity index (χ3n) is 6.99. The Morgan fingerprint density at radius 1 is 0.953 bits per heavy atom. The van der Waals surface area contributed by atoms with Crippen LogP contribution in [0.1, 0.15) is 37.8 Å². The van der Waals surface area contributed by atoms with Crippen LogP contribution in [0.15, 0.2) is 77.3 Å². The smallest absolute Gasteiger partial charge is 0.243 e. The first kappa shape index (κ1) is 32.3. The van der Waals surface area contributed by atoms with E-state index in [-0.39, 0.29) is 50.5 Å². The maximum atomic E-state index is 14.0. The molecule has 0 fully saturated rings. The third kappa shape index (κ3) is 9.21. The van der Waals surface area contributed by atoms with Crippen LogP contribution in [0.25, 0.3) is 0 Å². The number of hydrogen-bond acceptors (Lipinski definition) is 6. The lowest BCUT2D eigenvalue weighted by Gasteiger charge is -2.32. The Kier molecular flexibility index (Phi) is 11.1. The van der Waals surface area contributed by atoms with Crippen molar-refractivity contribution in [3.8, 4) is 11.5 Å². The van der Waals surface area contributed by atoms with Crippen LogP contribution < -0.4 is 19.1 Å². The number of rotatable bonds is 14. The standard InChI is InChI=1S/C32H38BrN3O6S/c1-23(2)20-34-32(38)28(18-24-9-5-4-6-10-24)35(21-25-11-7-12-26(33)17-25)31(37)13-8-16-36(43(3,39)40)27-14-15-29-30(19-27)42-22-41-29/h4-7,9-12,14-15,17,19,23,28H,8,13,16,18,20-22H2,1-3H3,(H,34,38)/t28-/m1/s1. The Morgan fingerprint density at radius 3 is 2.37 bits per heavy atom. The molecule has 0 aromatic heterocycles. The average Bonchev–Trinajstić information content (AvgIpc) is 3.44. The zero-order chi connectivity index (χ0) is 31.0. The van der Waals surface area contributed by atoms with Gasteiger partial charge in [0.25, 0.3) is 0 Å². The predicted octanol–water partition coefficient (Wildman–Crippen LogP) is 5.14. The molecule has 0 radical (unpaired) electrons. The van der Waals surface area contributed by atoms with E-state index in [0.717, 1.165) is 21.9 Å². The summed E-state index contributed by atoms with van der Waals surface area (Å²) in [5.74, 6) is 0.807. The lowest BCUT2D eigenvalue weighted by atomic mass is 10.0. The first-order valence-corrected chi connectivity index (χ1v) is 16.9. The van der Waals surface area contributed by atoms with Gasteiger partial charge in [0.05, 0.1) is 11.9 Å². The van der Waals surface area contributed by atoms with Crippen molar-refractivity contribution in [3.05, 3.63) is 88.4 Å². The molecule has 0 saturated carbocycles. The van der Waals surface area contributed by atoms with Gasteiger partial charge >= 0.3 is 0 Å². The average molecular weight is 673 g/mol. The molecular formula is C32H38BrN3O6S. The first-order chi connectivity index (χ1) is 20.5. The van der Waals surface area contributed by atoms with Crippen LogP contribution in [0, 0.1) is 5.92 Å². The van der Waals surface area contributed by atoms with Gasteiger partial charge < -0.3 is 19.7 Å². The van der Waals surface area contributed by atoms with Gasteiger partial charge in [-0.2, -0.15) is 0 Å². The molecule has 11 heteroatoms. The van der Waals surface area contributed by atoms with Crippen molar-refractivity contribution in [2.75, 3.05) is 30.4 Å². The molecule has 0 bridgehead atoms. The summed E-state index contributed by atoms with van der Waals surface area (Å²) in [6.07, 6.45) is 1.78. The highest BCUT2D eigenvalue weighted by atomic mass is 79.9. The summed E-state index contributed by atoms with van der Waals surface area (Å²) in [6, 6.07) is 21.5. The van der Waals surface area contributed by atoms with E-state index in [9.17, 15) is 18.0 Å². The molecule has 3 aromatic rings. The predicted molar refractivity (Wildman–Crippen MR) is 170 cm³/mol. The van der Waals surface area contributed by atoms with Crippen molar-refractivity contribution in [2.45, 2.75) is 45.7 Å². The summed E-state index contributed by atoms with van der Waals surface area (Å²) in [5.41, 5.74) is 2.24. The molecule has 1 heterocycles. The van der Waals surface area contributed by atoms with Crippen molar-refractivity contribution in [1.29, 1.82) is 0 Å². The fraction of sp³-hybridized carbons (Fsp3) is 0.375. The number of sulfonamides is 1. The first-order valence-electron chi connectivity index (χ1n) is 14.2. The van der Waals surface area contributed by atoms with Gasteiger partial charge in [0.15, 0.2) is 11.5 Å². The fourth-order valence-corrected chi connectivity index (χ4v) is 6.26. The molecule has 1 aliphatic heterocycles. The van der Waals surface area contributed by atoms with E-state index < -0.39 is 16.1 Å². The van der Waals surface area contributed by atoms with E-state index in [1.807, 2.05) is 68.4 Å².